The van der Waals surface area contributed by atoms with Gasteiger partial charge in [0.1, 0.15) is 0 Å². The van der Waals surface area contributed by atoms with Gasteiger partial charge in [-0.15, -0.1) is 0 Å². The molecule has 0 saturated heterocycles. The van der Waals surface area contributed by atoms with E-state index in [4.69, 9.17) is 5.73 Å². The van der Waals surface area contributed by atoms with Gasteiger partial charge in [0.05, 0.1) is 0 Å². The van der Waals surface area contributed by atoms with E-state index in [2.05, 4.69) is 18.9 Å². The smallest absolute Gasteiger partial charge is 0.00509 e. The van der Waals surface area contributed by atoms with E-state index < -0.39 is 0 Å². The lowest BCUT2D eigenvalue weighted by atomic mass is 10.1. The monoisotopic (exact) mass is 212 g/mol. The highest BCUT2D eigenvalue weighted by molar-refractivity contribution is 4.71. The minimum atomic E-state index is 0.418. The second kappa shape index (κ2) is 7.24. The minimum absolute atomic E-state index is 0.418. The molecule has 0 aromatic carbocycles. The molecule has 1 atom stereocenters. The molecule has 0 aliphatic heterocycles. The van der Waals surface area contributed by atoms with Gasteiger partial charge < -0.3 is 10.6 Å². The Morgan fingerprint density at radius 1 is 1.27 bits per heavy atom. The van der Waals surface area contributed by atoms with E-state index in [9.17, 15) is 0 Å². The van der Waals surface area contributed by atoms with Crippen LogP contribution < -0.4 is 5.73 Å². The van der Waals surface area contributed by atoms with Gasteiger partial charge in [0.15, 0.2) is 0 Å². The van der Waals surface area contributed by atoms with Gasteiger partial charge in [0, 0.05) is 12.6 Å². The van der Waals surface area contributed by atoms with Crippen LogP contribution in [-0.4, -0.2) is 31.1 Å². The zero-order valence-electron chi connectivity index (χ0n) is 10.5. The molecule has 0 spiro atoms. The largest absolute Gasteiger partial charge is 0.328 e. The molecule has 0 aromatic rings. The predicted molar refractivity (Wildman–Crippen MR) is 67.0 cm³/mol. The fourth-order valence-electron chi connectivity index (χ4n) is 2.63. The topological polar surface area (TPSA) is 29.3 Å². The Labute approximate surface area is 95.2 Å². The number of hydrogen-bond donors (Lipinski definition) is 1. The van der Waals surface area contributed by atoms with Crippen molar-refractivity contribution in [3.05, 3.63) is 0 Å². The van der Waals surface area contributed by atoms with E-state index >= 15 is 0 Å². The normalized spacial score (nSPS) is 20.0. The maximum Gasteiger partial charge on any atom is 0.00509 e. The van der Waals surface area contributed by atoms with Crippen molar-refractivity contribution in [2.24, 2.45) is 11.7 Å². The van der Waals surface area contributed by atoms with Gasteiger partial charge in [-0.2, -0.15) is 0 Å². The van der Waals surface area contributed by atoms with Gasteiger partial charge in [0.2, 0.25) is 0 Å². The third-order valence-electron chi connectivity index (χ3n) is 3.59. The van der Waals surface area contributed by atoms with Crippen molar-refractivity contribution in [1.82, 2.24) is 4.90 Å². The molecule has 1 rings (SSSR count). The molecule has 1 unspecified atom stereocenters. The summed E-state index contributed by atoms with van der Waals surface area (Å²) in [7, 11) is 2.25. The molecule has 1 saturated carbocycles. The van der Waals surface area contributed by atoms with E-state index in [-0.39, 0.29) is 0 Å². The van der Waals surface area contributed by atoms with E-state index in [1.54, 1.807) is 0 Å². The zero-order chi connectivity index (χ0) is 11.1. The van der Waals surface area contributed by atoms with Crippen molar-refractivity contribution < 1.29 is 0 Å². The Kier molecular flexibility index (Phi) is 6.26. The highest BCUT2D eigenvalue weighted by Crippen LogP contribution is 2.25. The fourth-order valence-corrected chi connectivity index (χ4v) is 2.63. The molecule has 2 heteroatoms. The maximum atomic E-state index is 6.01. The first kappa shape index (κ1) is 13.0. The van der Waals surface area contributed by atoms with Crippen LogP contribution in [0.4, 0.5) is 0 Å². The van der Waals surface area contributed by atoms with E-state index in [0.29, 0.717) is 6.04 Å². The summed E-state index contributed by atoms with van der Waals surface area (Å²) in [6, 6.07) is 0.418. The van der Waals surface area contributed by atoms with Gasteiger partial charge in [-0.3, -0.25) is 0 Å². The summed E-state index contributed by atoms with van der Waals surface area (Å²) in [5.41, 5.74) is 6.01. The van der Waals surface area contributed by atoms with Gasteiger partial charge in [-0.25, -0.2) is 0 Å². The lowest BCUT2D eigenvalue weighted by Crippen LogP contribution is -2.30. The highest BCUT2D eigenvalue weighted by Gasteiger charge is 2.16. The first-order chi connectivity index (χ1) is 7.22. The molecule has 0 radical (unpaired) electrons. The summed E-state index contributed by atoms with van der Waals surface area (Å²) in [6.45, 7) is 4.68. The Morgan fingerprint density at radius 2 is 1.93 bits per heavy atom. The summed E-state index contributed by atoms with van der Waals surface area (Å²) >= 11 is 0. The molecule has 0 aromatic heterocycles. The molecule has 1 aliphatic carbocycles. The van der Waals surface area contributed by atoms with Crippen LogP contribution in [0.25, 0.3) is 0 Å². The number of rotatable bonds is 7. The van der Waals surface area contributed by atoms with Crippen molar-refractivity contribution in [1.29, 1.82) is 0 Å². The van der Waals surface area contributed by atoms with Crippen molar-refractivity contribution >= 4 is 0 Å². The third kappa shape index (κ3) is 5.53. The summed E-state index contributed by atoms with van der Waals surface area (Å²) in [5.74, 6) is 0.970. The molecular weight excluding hydrogens is 184 g/mol. The van der Waals surface area contributed by atoms with Gasteiger partial charge >= 0.3 is 0 Å². The fraction of sp³-hybridized carbons (Fsp3) is 1.00. The first-order valence-corrected chi connectivity index (χ1v) is 6.66. The van der Waals surface area contributed by atoms with Crippen LogP contribution >= 0.6 is 0 Å². The predicted octanol–water partition coefficient (Wildman–Crippen LogP) is 2.63. The average molecular weight is 212 g/mol. The van der Waals surface area contributed by atoms with Crippen LogP contribution in [0, 0.1) is 5.92 Å². The van der Waals surface area contributed by atoms with Crippen LogP contribution in [0.5, 0.6) is 0 Å². The lowest BCUT2D eigenvalue weighted by Gasteiger charge is -2.22. The average Bonchev–Trinajstić information content (AvgIpc) is 2.68. The molecule has 15 heavy (non-hydrogen) atoms. The van der Waals surface area contributed by atoms with E-state index in [0.717, 1.165) is 12.3 Å². The minimum Gasteiger partial charge on any atom is -0.328 e. The molecule has 2 nitrogen and oxygen atoms in total. The van der Waals surface area contributed by atoms with Gasteiger partial charge in [-0.1, -0.05) is 26.2 Å². The second-order valence-corrected chi connectivity index (χ2v) is 5.25. The Hall–Kier alpha value is -0.0800. The molecule has 90 valence electrons. The molecule has 0 heterocycles. The first-order valence-electron chi connectivity index (χ1n) is 6.66. The van der Waals surface area contributed by atoms with E-state index in [1.807, 2.05) is 0 Å². The van der Waals surface area contributed by atoms with E-state index in [1.165, 1.54) is 51.6 Å². The SMILES string of the molecule is CCCC(N)CCN(C)CC1CCCC1. The summed E-state index contributed by atoms with van der Waals surface area (Å²) in [6.07, 6.45) is 9.36. The Morgan fingerprint density at radius 3 is 2.53 bits per heavy atom. The van der Waals surface area contributed by atoms with Crippen LogP contribution in [0.2, 0.25) is 0 Å². The highest BCUT2D eigenvalue weighted by atomic mass is 15.1. The maximum absolute atomic E-state index is 6.01. The van der Waals surface area contributed by atoms with Crippen LogP contribution in [0.15, 0.2) is 0 Å². The molecule has 0 bridgehead atoms. The van der Waals surface area contributed by atoms with Gasteiger partial charge in [-0.05, 0) is 45.2 Å². The van der Waals surface area contributed by atoms with Crippen molar-refractivity contribution in [3.63, 3.8) is 0 Å². The standard InChI is InChI=1S/C13H28N2/c1-3-6-13(14)9-10-15(2)11-12-7-4-5-8-12/h12-13H,3-11,14H2,1-2H3. The van der Waals surface area contributed by atoms with Gasteiger partial charge in [0.25, 0.3) is 0 Å². The van der Waals surface area contributed by atoms with Crippen molar-refractivity contribution in [3.8, 4) is 0 Å². The number of nitrogens with two attached hydrogens (primary N) is 1. The molecule has 1 fully saturated rings. The third-order valence-corrected chi connectivity index (χ3v) is 3.59. The molecule has 2 N–H and O–H groups in total. The Balaban J connectivity index is 2.04. The lowest BCUT2D eigenvalue weighted by molar-refractivity contribution is 0.266. The Bertz CT molecular complexity index is 153. The summed E-state index contributed by atoms with van der Waals surface area (Å²) in [5, 5.41) is 0. The van der Waals surface area contributed by atoms with Crippen LogP contribution in [-0.2, 0) is 0 Å². The molecule has 0 amide bonds. The number of nitrogens with zero attached hydrogens (tertiary/aromatic N) is 1. The van der Waals surface area contributed by atoms with Crippen molar-refractivity contribution in [2.45, 2.75) is 57.9 Å². The quantitative estimate of drug-likeness (QED) is 0.703. The van der Waals surface area contributed by atoms with Crippen LogP contribution in [0.3, 0.4) is 0 Å². The molecular formula is C13H28N2. The van der Waals surface area contributed by atoms with Crippen LogP contribution in [0.1, 0.15) is 51.9 Å². The zero-order valence-corrected chi connectivity index (χ0v) is 10.5. The summed E-state index contributed by atoms with van der Waals surface area (Å²) in [4.78, 5) is 2.48. The second-order valence-electron chi connectivity index (χ2n) is 5.25. The van der Waals surface area contributed by atoms with Crippen molar-refractivity contribution in [2.75, 3.05) is 20.1 Å². The summed E-state index contributed by atoms with van der Waals surface area (Å²) < 4.78 is 0. The number of hydrogen-bond acceptors (Lipinski definition) is 2. The molecule has 1 aliphatic rings.